The van der Waals surface area contributed by atoms with Crippen LogP contribution in [-0.2, 0) is 6.54 Å². The van der Waals surface area contributed by atoms with Crippen LogP contribution in [0.5, 0.6) is 0 Å². The molecule has 4 aromatic rings. The average Bonchev–Trinajstić information content (AvgIpc) is 3.40. The minimum absolute atomic E-state index is 0.135. The molecule has 5 rings (SSSR count). The Hall–Kier alpha value is -2.55. The van der Waals surface area contributed by atoms with Gasteiger partial charge in [-0.1, -0.05) is 35.6 Å². The van der Waals surface area contributed by atoms with Crippen molar-refractivity contribution in [3.05, 3.63) is 53.0 Å². The number of hydrogen-bond donors (Lipinski definition) is 0. The second kappa shape index (κ2) is 9.13. The zero-order valence-corrected chi connectivity index (χ0v) is 20.1. The Bertz CT molecular complexity index is 1200. The molecule has 6 nitrogen and oxygen atoms in total. The highest BCUT2D eigenvalue weighted by Gasteiger charge is 2.25. The van der Waals surface area contributed by atoms with Crippen LogP contribution in [0.4, 0.5) is 5.13 Å². The zero-order chi connectivity index (χ0) is 22.1. The maximum absolute atomic E-state index is 13.1. The lowest BCUT2D eigenvalue weighted by Gasteiger charge is -2.34. The van der Waals surface area contributed by atoms with Gasteiger partial charge in [0.05, 0.1) is 15.1 Å². The number of carbonyl (C=O) groups is 1. The average molecular weight is 466 g/mol. The number of hydrogen-bond acceptors (Lipinski definition) is 7. The van der Waals surface area contributed by atoms with Crippen LogP contribution >= 0.6 is 22.7 Å². The number of nitrogens with zero attached hydrogens (tertiary/aromatic N) is 5. The van der Waals surface area contributed by atoms with Crippen LogP contribution in [0.15, 0.2) is 42.6 Å². The number of anilines is 1. The number of aromatic nitrogens is 2. The largest absolute Gasteiger partial charge is 0.349 e. The molecule has 0 aliphatic carbocycles. The Kier molecular flexibility index (Phi) is 6.08. The number of thiazole rings is 1. The number of thiophene rings is 1. The van der Waals surface area contributed by atoms with Crippen LogP contribution in [0.2, 0.25) is 0 Å². The fraction of sp³-hybridized carbons (Fsp3) is 0.375. The Balaban J connectivity index is 1.23. The summed E-state index contributed by atoms with van der Waals surface area (Å²) >= 11 is 3.20. The normalized spacial score (nSPS) is 15.0. The van der Waals surface area contributed by atoms with E-state index in [0.717, 1.165) is 70.9 Å². The summed E-state index contributed by atoms with van der Waals surface area (Å²) in [6, 6.07) is 12.5. The van der Waals surface area contributed by atoms with Gasteiger partial charge in [0.2, 0.25) is 0 Å². The second-order valence-corrected chi connectivity index (χ2v) is 10.0. The fourth-order valence-corrected chi connectivity index (χ4v) is 6.57. The molecule has 32 heavy (non-hydrogen) atoms. The van der Waals surface area contributed by atoms with Gasteiger partial charge < -0.3 is 9.80 Å². The van der Waals surface area contributed by atoms with Gasteiger partial charge in [-0.25, -0.2) is 4.98 Å². The molecule has 0 radical (unpaired) electrons. The van der Waals surface area contributed by atoms with E-state index in [9.17, 15) is 4.79 Å². The smallest absolute Gasteiger partial charge is 0.264 e. The Morgan fingerprint density at radius 3 is 2.59 bits per heavy atom. The Morgan fingerprint density at radius 1 is 1.06 bits per heavy atom. The van der Waals surface area contributed by atoms with E-state index in [2.05, 4.69) is 52.9 Å². The third kappa shape index (κ3) is 4.10. The van der Waals surface area contributed by atoms with Crippen molar-refractivity contribution in [2.75, 3.05) is 44.2 Å². The minimum atomic E-state index is 0.135. The van der Waals surface area contributed by atoms with Crippen molar-refractivity contribution in [1.82, 2.24) is 19.8 Å². The van der Waals surface area contributed by atoms with E-state index in [-0.39, 0.29) is 5.91 Å². The molecule has 1 aliphatic heterocycles. The van der Waals surface area contributed by atoms with Gasteiger partial charge in [-0.3, -0.25) is 14.7 Å². The third-order valence-electron chi connectivity index (χ3n) is 6.09. The van der Waals surface area contributed by atoms with E-state index in [4.69, 9.17) is 4.98 Å². The molecule has 8 heteroatoms. The van der Waals surface area contributed by atoms with Crippen LogP contribution in [0.25, 0.3) is 20.4 Å². The Morgan fingerprint density at radius 2 is 1.84 bits per heavy atom. The maximum Gasteiger partial charge on any atom is 0.264 e. The van der Waals surface area contributed by atoms with Crippen LogP contribution in [0, 0.1) is 0 Å². The molecular weight excluding hydrogens is 438 g/mol. The first-order chi connectivity index (χ1) is 15.7. The van der Waals surface area contributed by atoms with Gasteiger partial charge in [0.1, 0.15) is 4.83 Å². The van der Waals surface area contributed by atoms with E-state index >= 15 is 0 Å². The molecule has 1 fully saturated rings. The number of pyridine rings is 1. The number of amides is 1. The lowest BCUT2D eigenvalue weighted by molar-refractivity contribution is 0.0633. The summed E-state index contributed by atoms with van der Waals surface area (Å²) in [4.78, 5) is 30.9. The predicted octanol–water partition coefficient (Wildman–Crippen LogP) is 4.71. The molecule has 166 valence electrons. The van der Waals surface area contributed by atoms with E-state index in [1.54, 1.807) is 11.3 Å². The number of rotatable bonds is 6. The monoisotopic (exact) mass is 465 g/mol. The van der Waals surface area contributed by atoms with Gasteiger partial charge in [0.25, 0.3) is 5.91 Å². The zero-order valence-electron chi connectivity index (χ0n) is 18.5. The summed E-state index contributed by atoms with van der Waals surface area (Å²) in [5.74, 6) is 0.135. The fourth-order valence-electron chi connectivity index (χ4n) is 4.26. The first-order valence-corrected chi connectivity index (χ1v) is 12.8. The number of fused-ring (bicyclic) bond motifs is 2. The van der Waals surface area contributed by atoms with Crippen molar-refractivity contribution >= 4 is 54.1 Å². The van der Waals surface area contributed by atoms with Crippen LogP contribution < -0.4 is 4.90 Å². The highest BCUT2D eigenvalue weighted by Crippen LogP contribution is 2.35. The lowest BCUT2D eigenvalue weighted by Crippen LogP contribution is -2.48. The van der Waals surface area contributed by atoms with Crippen molar-refractivity contribution in [3.63, 3.8) is 0 Å². The van der Waals surface area contributed by atoms with E-state index in [0.29, 0.717) is 0 Å². The van der Waals surface area contributed by atoms with E-state index in [1.165, 1.54) is 22.3 Å². The molecule has 0 N–H and O–H groups in total. The summed E-state index contributed by atoms with van der Waals surface area (Å²) in [5, 5.41) is 2.22. The number of carbonyl (C=O) groups excluding carboxylic acids is 1. The van der Waals surface area contributed by atoms with E-state index < -0.39 is 0 Å². The van der Waals surface area contributed by atoms with Crippen molar-refractivity contribution < 1.29 is 4.79 Å². The van der Waals surface area contributed by atoms with Gasteiger partial charge in [0.15, 0.2) is 5.13 Å². The van der Waals surface area contributed by atoms with Crippen molar-refractivity contribution in [2.45, 2.75) is 20.4 Å². The SMILES string of the molecule is CCN(CC)c1nc2sc(C(=O)N3CCN(Cc4cccc5cccnc45)CC3)cc2s1. The van der Waals surface area contributed by atoms with Gasteiger partial charge in [0, 0.05) is 57.4 Å². The van der Waals surface area contributed by atoms with Crippen LogP contribution in [0.1, 0.15) is 29.1 Å². The van der Waals surface area contributed by atoms with Crippen LogP contribution in [0.3, 0.4) is 0 Å². The molecule has 0 atom stereocenters. The second-order valence-electron chi connectivity index (χ2n) is 8.01. The molecule has 1 saturated heterocycles. The molecule has 0 bridgehead atoms. The summed E-state index contributed by atoms with van der Waals surface area (Å²) in [6.07, 6.45) is 1.86. The van der Waals surface area contributed by atoms with Crippen molar-refractivity contribution in [2.24, 2.45) is 0 Å². The summed E-state index contributed by atoms with van der Waals surface area (Å²) in [7, 11) is 0. The molecule has 0 unspecified atom stereocenters. The molecule has 3 aromatic heterocycles. The van der Waals surface area contributed by atoms with Crippen molar-refractivity contribution in [1.29, 1.82) is 0 Å². The topological polar surface area (TPSA) is 52.6 Å². The van der Waals surface area contributed by atoms with Gasteiger partial charge in [-0.2, -0.15) is 0 Å². The highest BCUT2D eigenvalue weighted by atomic mass is 32.1. The lowest BCUT2D eigenvalue weighted by atomic mass is 10.1. The minimum Gasteiger partial charge on any atom is -0.349 e. The molecule has 0 spiro atoms. The first kappa shape index (κ1) is 21.3. The number of para-hydroxylation sites is 1. The van der Waals surface area contributed by atoms with E-state index in [1.807, 2.05) is 23.2 Å². The van der Waals surface area contributed by atoms with Gasteiger partial charge in [-0.05, 0) is 31.5 Å². The molecule has 1 aliphatic rings. The summed E-state index contributed by atoms with van der Waals surface area (Å²) < 4.78 is 1.11. The summed E-state index contributed by atoms with van der Waals surface area (Å²) in [5.41, 5.74) is 2.32. The Labute approximate surface area is 196 Å². The van der Waals surface area contributed by atoms with Gasteiger partial charge in [-0.15, -0.1) is 11.3 Å². The van der Waals surface area contributed by atoms with Crippen LogP contribution in [-0.4, -0.2) is 64.9 Å². The molecular formula is C24H27N5OS2. The third-order valence-corrected chi connectivity index (χ3v) is 8.30. The molecule has 4 heterocycles. The van der Waals surface area contributed by atoms with Gasteiger partial charge >= 0.3 is 0 Å². The first-order valence-electron chi connectivity index (χ1n) is 11.2. The summed E-state index contributed by atoms with van der Waals surface area (Å²) in [6.45, 7) is 10.3. The molecule has 1 aromatic carbocycles. The molecule has 0 saturated carbocycles. The molecule has 1 amide bonds. The number of benzene rings is 1. The predicted molar refractivity (Wildman–Crippen MR) is 134 cm³/mol. The van der Waals surface area contributed by atoms with Crippen molar-refractivity contribution in [3.8, 4) is 0 Å². The quantitative estimate of drug-likeness (QED) is 0.413. The standard InChI is InChI=1S/C24H27N5OS2/c1-3-28(4-2)24-26-22-19(32-24)15-20(31-22)23(30)29-13-11-27(12-14-29)16-18-8-5-7-17-9-6-10-25-21(17)18/h5-10,15H,3-4,11-14,16H2,1-2H3. The highest BCUT2D eigenvalue weighted by molar-refractivity contribution is 7.29. The maximum atomic E-state index is 13.1. The number of piperazine rings is 1.